The normalized spacial score (nSPS) is 13.7. The second kappa shape index (κ2) is 7.38. The van der Waals surface area contributed by atoms with Gasteiger partial charge in [-0.1, -0.05) is 23.2 Å². The number of ketones is 1. The first kappa shape index (κ1) is 21.0. The van der Waals surface area contributed by atoms with E-state index in [9.17, 15) is 27.9 Å². The summed E-state index contributed by atoms with van der Waals surface area (Å²) in [6.07, 6.45) is -4.58. The molecule has 0 spiro atoms. The summed E-state index contributed by atoms with van der Waals surface area (Å²) in [7, 11) is 0. The average molecular weight is 423 g/mol. The Kier molecular flexibility index (Phi) is 5.74. The number of carbonyl (C=O) groups excluding carboxylic acids is 1. The van der Waals surface area contributed by atoms with E-state index in [4.69, 9.17) is 33.0 Å². The maximum atomic E-state index is 12.7. The third-order valence-corrected chi connectivity index (χ3v) is 4.15. The lowest BCUT2D eigenvalue weighted by atomic mass is 9.95. The molecule has 0 radical (unpaired) electrons. The van der Waals surface area contributed by atoms with Gasteiger partial charge in [-0.2, -0.15) is 13.2 Å². The molecule has 0 bridgehead atoms. The molecule has 0 saturated carbocycles. The van der Waals surface area contributed by atoms with Gasteiger partial charge in [-0.3, -0.25) is 4.79 Å². The van der Waals surface area contributed by atoms with Crippen LogP contribution in [0.1, 0.15) is 22.8 Å². The Bertz CT molecular complexity index is 910. The van der Waals surface area contributed by atoms with E-state index >= 15 is 0 Å². The van der Waals surface area contributed by atoms with Crippen LogP contribution in [0.4, 0.5) is 13.2 Å². The summed E-state index contributed by atoms with van der Waals surface area (Å²) >= 11 is 11.7. The Morgan fingerprint density at radius 1 is 1.04 bits per heavy atom. The Balaban J connectivity index is 2.37. The van der Waals surface area contributed by atoms with Crippen LogP contribution < -0.4 is 4.74 Å². The fourth-order valence-electron chi connectivity index (χ4n) is 1.99. The van der Waals surface area contributed by atoms with Crippen LogP contribution in [0.25, 0.3) is 0 Å². The Hall–Kier alpha value is -2.29. The van der Waals surface area contributed by atoms with Crippen molar-refractivity contribution in [3.8, 4) is 11.5 Å². The lowest BCUT2D eigenvalue weighted by Crippen LogP contribution is -2.43. The molecule has 27 heavy (non-hydrogen) atoms. The number of rotatable bonds is 5. The molecular formula is C17H11Cl2F3O5. The predicted octanol–water partition coefficient (Wildman–Crippen LogP) is 4.82. The number of carboxylic acids is 1. The van der Waals surface area contributed by atoms with Crippen LogP contribution >= 0.6 is 23.2 Å². The van der Waals surface area contributed by atoms with Crippen molar-refractivity contribution in [1.29, 1.82) is 0 Å². The van der Waals surface area contributed by atoms with Gasteiger partial charge in [0, 0.05) is 5.56 Å². The van der Waals surface area contributed by atoms with E-state index in [1.165, 1.54) is 12.1 Å². The molecule has 0 heterocycles. The highest BCUT2D eigenvalue weighted by Gasteiger charge is 2.40. The highest BCUT2D eigenvalue weighted by Crippen LogP contribution is 2.37. The van der Waals surface area contributed by atoms with Crippen LogP contribution in [0.15, 0.2) is 36.4 Å². The molecule has 10 heteroatoms. The number of hydrogen-bond donors (Lipinski definition) is 2. The average Bonchev–Trinajstić information content (AvgIpc) is 2.56. The van der Waals surface area contributed by atoms with Crippen LogP contribution in [0, 0.1) is 0 Å². The number of ether oxygens (including phenoxy) is 1. The van der Waals surface area contributed by atoms with Crippen LogP contribution in [0.5, 0.6) is 11.5 Å². The summed E-state index contributed by atoms with van der Waals surface area (Å²) in [6, 6.07) is 5.99. The molecule has 144 valence electrons. The van der Waals surface area contributed by atoms with Crippen LogP contribution in [-0.2, 0) is 11.0 Å². The number of alkyl halides is 3. The topological polar surface area (TPSA) is 83.8 Å². The van der Waals surface area contributed by atoms with Gasteiger partial charge in [0.25, 0.3) is 0 Å². The first-order chi connectivity index (χ1) is 12.3. The van der Waals surface area contributed by atoms with E-state index in [-0.39, 0.29) is 27.1 Å². The lowest BCUT2D eigenvalue weighted by Gasteiger charge is -2.18. The molecule has 0 aromatic heterocycles. The Labute approximate surface area is 160 Å². The second-order valence-electron chi connectivity index (χ2n) is 5.59. The number of aliphatic hydroxyl groups is 1. The van der Waals surface area contributed by atoms with Gasteiger partial charge in [-0.25, -0.2) is 4.79 Å². The summed E-state index contributed by atoms with van der Waals surface area (Å²) in [6.45, 7) is 0.786. The standard InChI is InChI=1S/C17H11Cl2F3O5/c1-16(26,15(24)25)14(23)10-7-9(3-4-11(10)18)27-13-5-2-8(6-12(13)19)17(20,21)22/h2-7,26H,1H3,(H,24,25)/t16-/m1/s1. The molecule has 0 aliphatic rings. The third-order valence-electron chi connectivity index (χ3n) is 3.53. The van der Waals surface area contributed by atoms with Gasteiger partial charge in [-0.05, 0) is 43.3 Å². The molecular weight excluding hydrogens is 412 g/mol. The van der Waals surface area contributed by atoms with Crippen LogP contribution in [-0.4, -0.2) is 27.6 Å². The van der Waals surface area contributed by atoms with Crippen molar-refractivity contribution in [2.45, 2.75) is 18.7 Å². The van der Waals surface area contributed by atoms with E-state index in [1.807, 2.05) is 0 Å². The molecule has 0 fully saturated rings. The van der Waals surface area contributed by atoms with Crippen molar-refractivity contribution in [1.82, 2.24) is 0 Å². The number of carbonyl (C=O) groups is 2. The number of halogens is 5. The fourth-order valence-corrected chi connectivity index (χ4v) is 2.41. The molecule has 0 unspecified atom stereocenters. The van der Waals surface area contributed by atoms with Gasteiger partial charge in [0.1, 0.15) is 11.5 Å². The highest BCUT2D eigenvalue weighted by molar-refractivity contribution is 6.35. The van der Waals surface area contributed by atoms with Crippen molar-refractivity contribution in [2.75, 3.05) is 0 Å². The zero-order valence-electron chi connectivity index (χ0n) is 13.5. The van der Waals surface area contributed by atoms with Crippen LogP contribution in [0.3, 0.4) is 0 Å². The molecule has 2 aromatic rings. The highest BCUT2D eigenvalue weighted by atomic mass is 35.5. The first-order valence-electron chi connectivity index (χ1n) is 7.18. The lowest BCUT2D eigenvalue weighted by molar-refractivity contribution is -0.151. The minimum atomic E-state index is -4.58. The van der Waals surface area contributed by atoms with Crippen molar-refractivity contribution in [2.24, 2.45) is 0 Å². The van der Waals surface area contributed by atoms with Gasteiger partial charge in [0.05, 0.1) is 15.6 Å². The minimum Gasteiger partial charge on any atom is -0.479 e. The molecule has 2 aromatic carbocycles. The summed E-state index contributed by atoms with van der Waals surface area (Å²) in [4.78, 5) is 23.3. The molecule has 0 aliphatic heterocycles. The summed E-state index contributed by atoms with van der Waals surface area (Å²) in [5.74, 6) is -3.15. The van der Waals surface area contributed by atoms with Gasteiger partial charge in [0.2, 0.25) is 11.4 Å². The van der Waals surface area contributed by atoms with E-state index in [0.717, 1.165) is 25.1 Å². The predicted molar refractivity (Wildman–Crippen MR) is 90.6 cm³/mol. The first-order valence-corrected chi connectivity index (χ1v) is 7.94. The third kappa shape index (κ3) is 4.52. The van der Waals surface area contributed by atoms with Crippen molar-refractivity contribution >= 4 is 35.0 Å². The zero-order chi connectivity index (χ0) is 20.6. The van der Waals surface area contributed by atoms with Crippen molar-refractivity contribution in [3.05, 3.63) is 57.6 Å². The molecule has 0 aliphatic carbocycles. The SMILES string of the molecule is C[C@](O)(C(=O)O)C(=O)c1cc(Oc2ccc(C(F)(F)F)cc2Cl)ccc1Cl. The van der Waals surface area contributed by atoms with Crippen molar-refractivity contribution in [3.63, 3.8) is 0 Å². The molecule has 2 rings (SSSR count). The monoisotopic (exact) mass is 422 g/mol. The summed E-state index contributed by atoms with van der Waals surface area (Å²) < 4.78 is 43.4. The smallest absolute Gasteiger partial charge is 0.416 e. The molecule has 0 amide bonds. The number of benzene rings is 2. The Morgan fingerprint density at radius 2 is 1.67 bits per heavy atom. The maximum absolute atomic E-state index is 12.7. The van der Waals surface area contributed by atoms with Gasteiger partial charge in [-0.15, -0.1) is 0 Å². The van der Waals surface area contributed by atoms with E-state index in [0.29, 0.717) is 6.07 Å². The largest absolute Gasteiger partial charge is 0.479 e. The molecule has 5 nitrogen and oxygen atoms in total. The van der Waals surface area contributed by atoms with E-state index in [1.54, 1.807) is 0 Å². The molecule has 2 N–H and O–H groups in total. The second-order valence-corrected chi connectivity index (χ2v) is 6.41. The number of Topliss-reactive ketones (excluding diaryl/α,β-unsaturated/α-hetero) is 1. The minimum absolute atomic E-state index is 0.0504. The van der Waals surface area contributed by atoms with Crippen molar-refractivity contribution < 1.29 is 37.7 Å². The summed E-state index contributed by atoms with van der Waals surface area (Å²) in [5, 5.41) is 18.3. The maximum Gasteiger partial charge on any atom is 0.416 e. The number of aliphatic carboxylic acids is 1. The molecule has 1 atom stereocenters. The van der Waals surface area contributed by atoms with Crippen LogP contribution in [0.2, 0.25) is 10.0 Å². The fraction of sp³-hybridized carbons (Fsp3) is 0.176. The quantitative estimate of drug-likeness (QED) is 0.532. The number of carboxylic acid groups (broad SMARTS) is 1. The Morgan fingerprint density at radius 3 is 2.19 bits per heavy atom. The summed E-state index contributed by atoms with van der Waals surface area (Å²) in [5.41, 5.74) is -4.04. The zero-order valence-corrected chi connectivity index (χ0v) is 15.0. The van der Waals surface area contributed by atoms with E-state index < -0.39 is 29.1 Å². The van der Waals surface area contributed by atoms with Gasteiger partial charge < -0.3 is 14.9 Å². The molecule has 0 saturated heterocycles. The van der Waals surface area contributed by atoms with Gasteiger partial charge >= 0.3 is 12.1 Å². The number of hydrogen-bond acceptors (Lipinski definition) is 4. The van der Waals surface area contributed by atoms with Gasteiger partial charge in [0.15, 0.2) is 0 Å². The van der Waals surface area contributed by atoms with E-state index in [2.05, 4.69) is 0 Å².